The number of rotatable bonds is 7. The van der Waals surface area contributed by atoms with Crippen molar-refractivity contribution in [3.8, 4) is 0 Å². The molecule has 18 heavy (non-hydrogen) atoms. The molecule has 0 aliphatic carbocycles. The van der Waals surface area contributed by atoms with Gasteiger partial charge in [0, 0.05) is 0 Å². The molecule has 11 heteroatoms. The van der Waals surface area contributed by atoms with E-state index in [1.807, 2.05) is 0 Å². The monoisotopic (exact) mass is 296 g/mol. The normalized spacial score (nSPS) is 20.4. The van der Waals surface area contributed by atoms with Crippen LogP contribution in [0.4, 0.5) is 26.3 Å². The first-order chi connectivity index (χ1) is 7.60. The zero-order valence-electron chi connectivity index (χ0n) is 10.2. The Labute approximate surface area is 113 Å². The maximum atomic E-state index is 12.8. The van der Waals surface area contributed by atoms with E-state index in [9.17, 15) is 34.8 Å². The van der Waals surface area contributed by atoms with Gasteiger partial charge < -0.3 is 1.43 Å². The van der Waals surface area contributed by atoms with Gasteiger partial charge in [-0.15, -0.1) is 0 Å². The molecule has 0 saturated carbocycles. The third-order valence-electron chi connectivity index (χ3n) is 1.82. The molecule has 0 aliphatic heterocycles. The third-order valence-corrected chi connectivity index (χ3v) is 2.56. The molecule has 106 valence electrons. The Morgan fingerprint density at radius 3 is 1.67 bits per heavy atom. The maximum absolute atomic E-state index is 12.8. The Bertz CT molecular complexity index is 335. The van der Waals surface area contributed by atoms with Crippen molar-refractivity contribution in [2.45, 2.75) is 30.9 Å². The van der Waals surface area contributed by atoms with Crippen molar-refractivity contribution >= 4 is 10.1 Å². The van der Waals surface area contributed by atoms with E-state index in [1.54, 1.807) is 0 Å². The average Bonchev–Trinajstić information content (AvgIpc) is 2.22. The minimum atomic E-state index is -4.93. The van der Waals surface area contributed by atoms with Crippen LogP contribution in [0.3, 0.4) is 0 Å². The standard InChI is InChI=1S/C7H10F6O3S.Li.H/c8-1-3(9)5(11)7(13)6(12)4(10)2-17(14,15)16;;/h3-7H,1-2H2,(H,14,15,16);;/q;+1;-1. The Kier molecular flexibility index (Phi) is 9.41. The summed E-state index contributed by atoms with van der Waals surface area (Å²) in [6.07, 6.45) is -16.0. The molecule has 0 rings (SSSR count). The second-order valence-electron chi connectivity index (χ2n) is 3.27. The van der Waals surface area contributed by atoms with E-state index >= 15 is 0 Å². The maximum Gasteiger partial charge on any atom is 1.00 e. The topological polar surface area (TPSA) is 54.4 Å². The zero-order valence-corrected chi connectivity index (χ0v) is 10.1. The molecule has 0 saturated heterocycles. The molecular formula is C7H11F6LiO3S. The molecular weight excluding hydrogens is 285 g/mol. The molecule has 3 nitrogen and oxygen atoms in total. The molecule has 0 spiro atoms. The average molecular weight is 296 g/mol. The van der Waals surface area contributed by atoms with E-state index in [4.69, 9.17) is 4.55 Å². The van der Waals surface area contributed by atoms with Gasteiger partial charge in [-0.25, -0.2) is 26.3 Å². The minimum absolute atomic E-state index is 0. The van der Waals surface area contributed by atoms with Gasteiger partial charge in [-0.05, 0) is 0 Å². The van der Waals surface area contributed by atoms with Crippen LogP contribution in [0.25, 0.3) is 0 Å². The molecule has 1 N–H and O–H groups in total. The number of hydrogen-bond donors (Lipinski definition) is 1. The Morgan fingerprint density at radius 2 is 1.33 bits per heavy atom. The predicted octanol–water partition coefficient (Wildman–Crippen LogP) is -1.35. The van der Waals surface area contributed by atoms with Gasteiger partial charge in [0.05, 0.1) is 0 Å². The molecule has 0 bridgehead atoms. The molecule has 0 heterocycles. The summed E-state index contributed by atoms with van der Waals surface area (Å²) in [5.74, 6) is -1.80. The Morgan fingerprint density at radius 1 is 0.944 bits per heavy atom. The molecule has 5 atom stereocenters. The van der Waals surface area contributed by atoms with Gasteiger partial charge in [0.25, 0.3) is 10.1 Å². The quantitative estimate of drug-likeness (QED) is 0.359. The van der Waals surface area contributed by atoms with Crippen LogP contribution in [-0.4, -0.2) is 56.3 Å². The first-order valence-corrected chi connectivity index (χ1v) is 5.92. The fraction of sp³-hybridized carbons (Fsp3) is 1.00. The van der Waals surface area contributed by atoms with Crippen molar-refractivity contribution in [1.82, 2.24) is 0 Å². The summed E-state index contributed by atoms with van der Waals surface area (Å²) in [5.41, 5.74) is 0. The molecule has 5 unspecified atom stereocenters. The molecule has 0 aromatic rings. The van der Waals surface area contributed by atoms with Crippen molar-refractivity contribution in [3.05, 3.63) is 0 Å². The van der Waals surface area contributed by atoms with E-state index < -0.39 is 53.4 Å². The fourth-order valence-corrected chi connectivity index (χ4v) is 1.54. The molecule has 0 aliphatic rings. The van der Waals surface area contributed by atoms with Crippen LogP contribution in [0.15, 0.2) is 0 Å². The number of halogens is 6. The van der Waals surface area contributed by atoms with Crippen LogP contribution in [0.2, 0.25) is 0 Å². The summed E-state index contributed by atoms with van der Waals surface area (Å²) in [7, 11) is -4.93. The van der Waals surface area contributed by atoms with E-state index in [-0.39, 0.29) is 20.3 Å². The predicted molar refractivity (Wildman–Crippen MR) is 48.0 cm³/mol. The van der Waals surface area contributed by atoms with Gasteiger partial charge in [0.15, 0.2) is 30.9 Å². The van der Waals surface area contributed by atoms with Crippen LogP contribution in [0.1, 0.15) is 1.43 Å². The largest absolute Gasteiger partial charge is 1.00 e. The third kappa shape index (κ3) is 6.87. The number of alkyl halides is 6. The van der Waals surface area contributed by atoms with Gasteiger partial charge in [0.2, 0.25) is 0 Å². The van der Waals surface area contributed by atoms with Gasteiger partial charge >= 0.3 is 18.9 Å². The Balaban J connectivity index is -0.00000128. The van der Waals surface area contributed by atoms with Gasteiger partial charge in [-0.2, -0.15) is 8.42 Å². The first kappa shape index (κ1) is 20.4. The van der Waals surface area contributed by atoms with Gasteiger partial charge in [-0.1, -0.05) is 0 Å². The summed E-state index contributed by atoms with van der Waals surface area (Å²) in [5, 5.41) is 0. The zero-order chi connectivity index (χ0) is 13.8. The fourth-order valence-electron chi connectivity index (χ4n) is 0.953. The first-order valence-electron chi connectivity index (χ1n) is 4.31. The van der Waals surface area contributed by atoms with Crippen LogP contribution < -0.4 is 18.9 Å². The van der Waals surface area contributed by atoms with Crippen LogP contribution in [0.5, 0.6) is 0 Å². The van der Waals surface area contributed by atoms with E-state index in [1.165, 1.54) is 0 Å². The Hall–Kier alpha value is 0.0874. The molecule has 0 radical (unpaired) electrons. The van der Waals surface area contributed by atoms with Crippen LogP contribution in [0, 0.1) is 0 Å². The smallest absolute Gasteiger partial charge is 1.00 e. The minimum Gasteiger partial charge on any atom is -1.00 e. The summed E-state index contributed by atoms with van der Waals surface area (Å²) in [6, 6.07) is 0. The van der Waals surface area contributed by atoms with Crippen molar-refractivity contribution in [2.24, 2.45) is 0 Å². The second-order valence-corrected chi connectivity index (χ2v) is 4.77. The van der Waals surface area contributed by atoms with Crippen molar-refractivity contribution in [2.75, 3.05) is 12.4 Å². The van der Waals surface area contributed by atoms with Gasteiger partial charge in [-0.3, -0.25) is 4.55 Å². The van der Waals surface area contributed by atoms with Crippen LogP contribution in [-0.2, 0) is 10.1 Å². The van der Waals surface area contributed by atoms with E-state index in [2.05, 4.69) is 0 Å². The molecule has 0 aromatic heterocycles. The summed E-state index contributed by atoms with van der Waals surface area (Å²) >= 11 is 0. The number of hydrogen-bond acceptors (Lipinski definition) is 2. The second kappa shape index (κ2) is 8.30. The molecule has 0 fully saturated rings. The van der Waals surface area contributed by atoms with Crippen molar-refractivity contribution in [3.63, 3.8) is 0 Å². The van der Waals surface area contributed by atoms with Crippen molar-refractivity contribution in [1.29, 1.82) is 0 Å². The van der Waals surface area contributed by atoms with Gasteiger partial charge in [0.1, 0.15) is 12.4 Å². The van der Waals surface area contributed by atoms with E-state index in [0.29, 0.717) is 0 Å². The van der Waals surface area contributed by atoms with Crippen molar-refractivity contribution < 1.29 is 59.6 Å². The summed E-state index contributed by atoms with van der Waals surface area (Å²) < 4.78 is 103. The van der Waals surface area contributed by atoms with Crippen LogP contribution >= 0.6 is 0 Å². The van der Waals surface area contributed by atoms with E-state index in [0.717, 1.165) is 0 Å². The summed E-state index contributed by atoms with van der Waals surface area (Å²) in [6.45, 7) is -1.93. The molecule has 0 aromatic carbocycles. The SMILES string of the molecule is O=S(=O)(O)CC(F)C(F)C(F)C(F)C(F)CF.[H-].[Li+]. The molecule has 0 amide bonds. The summed E-state index contributed by atoms with van der Waals surface area (Å²) in [4.78, 5) is 0.